The number of anilines is 1. The highest BCUT2D eigenvalue weighted by atomic mass is 32.1. The lowest BCUT2D eigenvalue weighted by Gasteiger charge is -2.50. The highest BCUT2D eigenvalue weighted by Gasteiger charge is 2.44. The van der Waals surface area contributed by atoms with Crippen molar-refractivity contribution in [1.82, 2.24) is 19.9 Å². The zero-order valence-corrected chi connectivity index (χ0v) is 17.0. The molecule has 0 amide bonds. The Kier molecular flexibility index (Phi) is 4.85. The molecule has 0 unspecified atom stereocenters. The summed E-state index contributed by atoms with van der Waals surface area (Å²) in [5, 5.41) is 12.2. The van der Waals surface area contributed by atoms with Crippen molar-refractivity contribution in [3.63, 3.8) is 0 Å². The molecule has 10 heteroatoms. The van der Waals surface area contributed by atoms with Crippen LogP contribution >= 0.6 is 11.3 Å². The minimum Gasteiger partial charge on any atom is -0.406 e. The van der Waals surface area contributed by atoms with Crippen molar-refractivity contribution in [3.05, 3.63) is 30.5 Å². The summed E-state index contributed by atoms with van der Waals surface area (Å²) >= 11 is 1.44. The van der Waals surface area contributed by atoms with Gasteiger partial charge in [0.15, 0.2) is 0 Å². The highest BCUT2D eigenvalue weighted by Crippen LogP contribution is 2.51. The van der Waals surface area contributed by atoms with E-state index >= 15 is 0 Å². The van der Waals surface area contributed by atoms with Gasteiger partial charge in [0.2, 0.25) is 10.1 Å². The molecule has 1 saturated carbocycles. The van der Waals surface area contributed by atoms with Gasteiger partial charge in [-0.15, -0.1) is 18.3 Å². The van der Waals surface area contributed by atoms with Crippen LogP contribution in [0.4, 0.5) is 18.3 Å². The molecule has 1 aromatic carbocycles. The third-order valence-electron chi connectivity index (χ3n) is 6.06. The van der Waals surface area contributed by atoms with E-state index in [0.29, 0.717) is 27.6 Å². The van der Waals surface area contributed by atoms with Gasteiger partial charge < -0.3 is 15.4 Å². The maximum atomic E-state index is 12.4. The number of nitrogens with one attached hydrogen (secondary N) is 2. The molecule has 30 heavy (non-hydrogen) atoms. The fraction of sp³-hybridized carbons (Fsp3) is 0.500. The number of benzene rings is 1. The Bertz CT molecular complexity index is 1000. The SMILES string of the molecule is FC(F)(F)Oc1cccc(-c2cn3nc(NCC4CC5(CCNCC5)C4)sc3n2)c1. The summed E-state index contributed by atoms with van der Waals surface area (Å²) in [6, 6.07) is 5.80. The highest BCUT2D eigenvalue weighted by molar-refractivity contribution is 7.20. The molecule has 6 nitrogen and oxygen atoms in total. The first-order valence-corrected chi connectivity index (χ1v) is 10.9. The number of nitrogens with zero attached hydrogens (tertiary/aromatic N) is 3. The minimum atomic E-state index is -4.72. The molecule has 5 rings (SSSR count). The van der Waals surface area contributed by atoms with Gasteiger partial charge in [-0.1, -0.05) is 23.5 Å². The number of piperidine rings is 1. The van der Waals surface area contributed by atoms with Crippen LogP contribution in [0.5, 0.6) is 5.75 Å². The largest absolute Gasteiger partial charge is 0.573 e. The van der Waals surface area contributed by atoms with Crippen LogP contribution in [0.25, 0.3) is 16.2 Å². The minimum absolute atomic E-state index is 0.265. The molecule has 3 aromatic rings. The number of alkyl halides is 3. The Labute approximate surface area is 175 Å². The molecule has 2 aromatic heterocycles. The van der Waals surface area contributed by atoms with E-state index < -0.39 is 6.36 Å². The third-order valence-corrected chi connectivity index (χ3v) is 6.94. The second-order valence-electron chi connectivity index (χ2n) is 8.24. The van der Waals surface area contributed by atoms with Gasteiger partial charge in [-0.05, 0) is 62.2 Å². The van der Waals surface area contributed by atoms with Crippen LogP contribution in [0.1, 0.15) is 25.7 Å². The number of fused-ring (bicyclic) bond motifs is 1. The number of rotatable bonds is 5. The third kappa shape index (κ3) is 4.11. The molecule has 1 spiro atoms. The summed E-state index contributed by atoms with van der Waals surface area (Å²) in [6.07, 6.45) is 2.13. The van der Waals surface area contributed by atoms with E-state index in [2.05, 4.69) is 25.5 Å². The molecule has 2 N–H and O–H groups in total. The molecule has 160 valence electrons. The van der Waals surface area contributed by atoms with Crippen LogP contribution in [0.2, 0.25) is 0 Å². The average molecular weight is 437 g/mol. The summed E-state index contributed by atoms with van der Waals surface area (Å²) in [5.74, 6) is 0.421. The molecule has 1 aliphatic heterocycles. The first-order chi connectivity index (χ1) is 14.4. The molecule has 2 fully saturated rings. The van der Waals surface area contributed by atoms with Crippen LogP contribution in [-0.4, -0.2) is 40.6 Å². The van der Waals surface area contributed by atoms with Crippen LogP contribution in [0.15, 0.2) is 30.5 Å². The van der Waals surface area contributed by atoms with Gasteiger partial charge in [0.05, 0.1) is 11.9 Å². The Morgan fingerprint density at radius 3 is 2.80 bits per heavy atom. The van der Waals surface area contributed by atoms with E-state index in [4.69, 9.17) is 0 Å². The predicted octanol–water partition coefficient (Wildman–Crippen LogP) is 4.55. The van der Waals surface area contributed by atoms with Crippen LogP contribution < -0.4 is 15.4 Å². The predicted molar refractivity (Wildman–Crippen MR) is 109 cm³/mol. The van der Waals surface area contributed by atoms with E-state index in [1.807, 2.05) is 0 Å². The fourth-order valence-electron chi connectivity index (χ4n) is 4.67. The monoisotopic (exact) mass is 437 g/mol. The quantitative estimate of drug-likeness (QED) is 0.613. The van der Waals surface area contributed by atoms with E-state index in [1.165, 1.54) is 55.2 Å². The standard InChI is InChI=1S/C20H22F3N5OS/c21-20(22,23)29-15-3-1-2-14(8-15)16-12-28-18(26-16)30-17(27-28)25-11-13-9-19(10-13)4-6-24-7-5-19/h1-3,8,12-13,24H,4-7,9-11H2,(H,25,27). The van der Waals surface area contributed by atoms with E-state index in [9.17, 15) is 13.2 Å². The second-order valence-corrected chi connectivity index (χ2v) is 9.20. The normalized spacial score (nSPS) is 19.2. The van der Waals surface area contributed by atoms with Crippen molar-refractivity contribution in [1.29, 1.82) is 0 Å². The molecule has 0 bridgehead atoms. The van der Waals surface area contributed by atoms with Crippen LogP contribution in [0.3, 0.4) is 0 Å². The topological polar surface area (TPSA) is 63.5 Å². The maximum absolute atomic E-state index is 12.4. The Morgan fingerprint density at radius 2 is 2.07 bits per heavy atom. The Morgan fingerprint density at radius 1 is 1.27 bits per heavy atom. The molecule has 1 saturated heterocycles. The van der Waals surface area contributed by atoms with Crippen molar-refractivity contribution in [2.45, 2.75) is 32.0 Å². The molecule has 0 atom stereocenters. The number of hydrogen-bond acceptors (Lipinski definition) is 6. The zero-order valence-electron chi connectivity index (χ0n) is 16.2. The summed E-state index contributed by atoms with van der Waals surface area (Å²) in [4.78, 5) is 5.20. The van der Waals surface area contributed by atoms with E-state index in [1.54, 1.807) is 16.8 Å². The van der Waals surface area contributed by atoms with Gasteiger partial charge in [-0.2, -0.15) is 0 Å². The first kappa shape index (κ1) is 19.6. The van der Waals surface area contributed by atoms with Gasteiger partial charge in [-0.3, -0.25) is 0 Å². The second kappa shape index (κ2) is 7.42. The Balaban J connectivity index is 1.21. The number of halogens is 3. The lowest BCUT2D eigenvalue weighted by atomic mass is 9.58. The van der Waals surface area contributed by atoms with E-state index in [-0.39, 0.29) is 5.75 Å². The number of hydrogen-bond donors (Lipinski definition) is 2. The van der Waals surface area contributed by atoms with Crippen molar-refractivity contribution in [3.8, 4) is 17.0 Å². The van der Waals surface area contributed by atoms with Crippen molar-refractivity contribution < 1.29 is 17.9 Å². The van der Waals surface area contributed by atoms with Gasteiger partial charge in [0.1, 0.15) is 5.75 Å². The molecule has 3 heterocycles. The molecule has 1 aliphatic carbocycles. The lowest BCUT2D eigenvalue weighted by Crippen LogP contribution is -2.47. The summed E-state index contributed by atoms with van der Waals surface area (Å²) in [5.41, 5.74) is 1.67. The lowest BCUT2D eigenvalue weighted by molar-refractivity contribution is -0.274. The van der Waals surface area contributed by atoms with Gasteiger partial charge in [0, 0.05) is 12.1 Å². The summed E-state index contributed by atoms with van der Waals surface area (Å²) in [7, 11) is 0. The fourth-order valence-corrected chi connectivity index (χ4v) is 5.46. The molecular weight excluding hydrogens is 415 g/mol. The van der Waals surface area contributed by atoms with Gasteiger partial charge >= 0.3 is 6.36 Å². The Hall–Kier alpha value is -2.33. The summed E-state index contributed by atoms with van der Waals surface area (Å²) in [6.45, 7) is 3.18. The molecular formula is C20H22F3N5OS. The van der Waals surface area contributed by atoms with Crippen molar-refractivity contribution in [2.75, 3.05) is 25.0 Å². The van der Waals surface area contributed by atoms with Crippen LogP contribution in [-0.2, 0) is 0 Å². The molecule has 0 radical (unpaired) electrons. The summed E-state index contributed by atoms with van der Waals surface area (Å²) < 4.78 is 43.0. The number of imidazole rings is 1. The van der Waals surface area contributed by atoms with Crippen molar-refractivity contribution in [2.24, 2.45) is 11.3 Å². The molecule has 2 aliphatic rings. The maximum Gasteiger partial charge on any atom is 0.573 e. The first-order valence-electron chi connectivity index (χ1n) is 10.0. The van der Waals surface area contributed by atoms with E-state index in [0.717, 1.165) is 24.8 Å². The number of ether oxygens (including phenoxy) is 1. The zero-order chi connectivity index (χ0) is 20.8. The smallest absolute Gasteiger partial charge is 0.406 e. The number of aromatic nitrogens is 3. The van der Waals surface area contributed by atoms with Crippen LogP contribution in [0, 0.1) is 11.3 Å². The van der Waals surface area contributed by atoms with Gasteiger partial charge in [0.25, 0.3) is 0 Å². The average Bonchev–Trinajstić information content (AvgIpc) is 3.23. The van der Waals surface area contributed by atoms with Crippen molar-refractivity contribution >= 4 is 21.4 Å². The van der Waals surface area contributed by atoms with Gasteiger partial charge in [-0.25, -0.2) is 9.50 Å².